The normalized spacial score (nSPS) is 13.2. The van der Waals surface area contributed by atoms with Crippen LogP contribution in [-0.2, 0) is 6.42 Å². The van der Waals surface area contributed by atoms with Gasteiger partial charge in [0.2, 0.25) is 0 Å². The summed E-state index contributed by atoms with van der Waals surface area (Å²) in [5, 5.41) is 14.5. The fourth-order valence-corrected chi connectivity index (χ4v) is 2.49. The molecule has 108 valence electrons. The highest BCUT2D eigenvalue weighted by molar-refractivity contribution is 5.65. The summed E-state index contributed by atoms with van der Waals surface area (Å²) < 4.78 is 5.73. The van der Waals surface area contributed by atoms with Crippen molar-refractivity contribution in [3.8, 4) is 11.6 Å². The van der Waals surface area contributed by atoms with Crippen LogP contribution in [0.15, 0.2) is 30.5 Å². The van der Waals surface area contributed by atoms with Crippen LogP contribution in [0.4, 0.5) is 11.4 Å². The molecule has 0 saturated carbocycles. The van der Waals surface area contributed by atoms with Crippen molar-refractivity contribution >= 4 is 11.4 Å². The van der Waals surface area contributed by atoms with Crippen LogP contribution >= 0.6 is 0 Å². The average molecular weight is 285 g/mol. The Morgan fingerprint density at radius 3 is 3.05 bits per heavy atom. The van der Waals surface area contributed by atoms with E-state index in [4.69, 9.17) is 4.74 Å². The number of hydrogen-bond donors (Lipinski definition) is 1. The van der Waals surface area contributed by atoms with Gasteiger partial charge in [-0.3, -0.25) is 10.1 Å². The lowest BCUT2D eigenvalue weighted by Crippen LogP contribution is -2.12. The molecule has 1 aromatic carbocycles. The molecule has 21 heavy (non-hydrogen) atoms. The fourth-order valence-electron chi connectivity index (χ4n) is 2.49. The highest BCUT2D eigenvalue weighted by atomic mass is 16.6. The smallest absolute Gasteiger partial charge is 0.334 e. The maximum absolute atomic E-state index is 11.2. The molecule has 0 atom stereocenters. The molecule has 3 rings (SSSR count). The van der Waals surface area contributed by atoms with E-state index >= 15 is 0 Å². The molecule has 0 fully saturated rings. The highest BCUT2D eigenvalue weighted by Gasteiger charge is 2.22. The van der Waals surface area contributed by atoms with Crippen molar-refractivity contribution in [2.24, 2.45) is 0 Å². The van der Waals surface area contributed by atoms with Crippen LogP contribution in [0.5, 0.6) is 11.6 Å². The van der Waals surface area contributed by atoms with Crippen molar-refractivity contribution in [3.63, 3.8) is 0 Å². The van der Waals surface area contributed by atoms with Crippen molar-refractivity contribution in [2.45, 2.75) is 19.8 Å². The minimum Gasteiger partial charge on any atom is -0.431 e. The minimum absolute atomic E-state index is 0.0285. The molecule has 0 unspecified atom stereocenters. The predicted octanol–water partition coefficient (Wildman–Crippen LogP) is 3.45. The molecule has 0 bridgehead atoms. The molecule has 1 aliphatic heterocycles. The van der Waals surface area contributed by atoms with Crippen molar-refractivity contribution < 1.29 is 9.66 Å². The van der Waals surface area contributed by atoms with Gasteiger partial charge in [-0.05, 0) is 37.5 Å². The van der Waals surface area contributed by atoms with E-state index in [-0.39, 0.29) is 11.6 Å². The molecule has 0 aliphatic carbocycles. The number of rotatable bonds is 3. The largest absolute Gasteiger partial charge is 0.431 e. The maximum Gasteiger partial charge on any atom is 0.334 e. The molecule has 1 aromatic heterocycles. The Kier molecular flexibility index (Phi) is 3.43. The second-order valence-electron chi connectivity index (χ2n) is 4.96. The van der Waals surface area contributed by atoms with Crippen LogP contribution < -0.4 is 10.1 Å². The Bertz CT molecular complexity index is 701. The number of aryl methyl sites for hydroxylation is 2. The molecule has 1 aliphatic rings. The van der Waals surface area contributed by atoms with Gasteiger partial charge >= 0.3 is 5.69 Å². The standard InChI is InChI=1S/C15H15N3O3/c1-10-7-9-17-15(14(10)18(19)20)21-12-6-2-4-11-5-3-8-16-13(11)12/h2,4,6-7,9,16H,3,5,8H2,1H3. The van der Waals surface area contributed by atoms with Gasteiger partial charge in [0.1, 0.15) is 0 Å². The van der Waals surface area contributed by atoms with Gasteiger partial charge in [-0.2, -0.15) is 0 Å². The summed E-state index contributed by atoms with van der Waals surface area (Å²) in [6, 6.07) is 7.32. The predicted molar refractivity (Wildman–Crippen MR) is 79.0 cm³/mol. The summed E-state index contributed by atoms with van der Waals surface area (Å²) in [7, 11) is 0. The number of para-hydroxylation sites is 1. The number of anilines is 1. The number of benzene rings is 1. The lowest BCUT2D eigenvalue weighted by molar-refractivity contribution is -0.386. The summed E-state index contributed by atoms with van der Waals surface area (Å²) in [6.45, 7) is 2.54. The lowest BCUT2D eigenvalue weighted by atomic mass is 10.0. The molecule has 0 amide bonds. The van der Waals surface area contributed by atoms with Crippen LogP contribution in [0.1, 0.15) is 17.5 Å². The number of fused-ring (bicyclic) bond motifs is 1. The van der Waals surface area contributed by atoms with Crippen molar-refractivity contribution in [2.75, 3.05) is 11.9 Å². The molecular weight excluding hydrogens is 270 g/mol. The third kappa shape index (κ3) is 2.52. The third-order valence-corrected chi connectivity index (χ3v) is 3.52. The molecule has 0 spiro atoms. The molecule has 0 saturated heterocycles. The quantitative estimate of drug-likeness (QED) is 0.690. The van der Waals surface area contributed by atoms with Gasteiger partial charge in [0.15, 0.2) is 5.75 Å². The average Bonchev–Trinajstić information content (AvgIpc) is 2.47. The van der Waals surface area contributed by atoms with Crippen molar-refractivity contribution in [1.82, 2.24) is 4.98 Å². The van der Waals surface area contributed by atoms with E-state index in [0.717, 1.165) is 30.6 Å². The number of pyridine rings is 1. The van der Waals surface area contributed by atoms with Crippen LogP contribution in [0, 0.1) is 17.0 Å². The zero-order chi connectivity index (χ0) is 14.8. The van der Waals surface area contributed by atoms with Crippen LogP contribution in [0.3, 0.4) is 0 Å². The number of nitrogens with zero attached hydrogens (tertiary/aromatic N) is 2. The molecule has 2 aromatic rings. The van der Waals surface area contributed by atoms with E-state index in [1.54, 1.807) is 19.1 Å². The Labute approximate surface area is 121 Å². The van der Waals surface area contributed by atoms with E-state index in [0.29, 0.717) is 11.3 Å². The van der Waals surface area contributed by atoms with Gasteiger partial charge in [-0.1, -0.05) is 12.1 Å². The van der Waals surface area contributed by atoms with E-state index in [1.807, 2.05) is 12.1 Å². The lowest BCUT2D eigenvalue weighted by Gasteiger charge is -2.20. The number of nitro groups is 1. The molecule has 0 radical (unpaired) electrons. The van der Waals surface area contributed by atoms with Crippen LogP contribution in [0.2, 0.25) is 0 Å². The third-order valence-electron chi connectivity index (χ3n) is 3.52. The van der Waals surface area contributed by atoms with E-state index in [2.05, 4.69) is 10.3 Å². The summed E-state index contributed by atoms with van der Waals surface area (Å²) in [5.41, 5.74) is 2.50. The monoisotopic (exact) mass is 285 g/mol. The molecule has 6 nitrogen and oxygen atoms in total. The van der Waals surface area contributed by atoms with Crippen LogP contribution in [0.25, 0.3) is 0 Å². The summed E-state index contributed by atoms with van der Waals surface area (Å²) in [4.78, 5) is 14.7. The Balaban J connectivity index is 2.02. The van der Waals surface area contributed by atoms with Gasteiger partial charge in [0.25, 0.3) is 5.88 Å². The van der Waals surface area contributed by atoms with Gasteiger partial charge in [0.05, 0.1) is 10.6 Å². The highest BCUT2D eigenvalue weighted by Crippen LogP contribution is 2.38. The Morgan fingerprint density at radius 2 is 2.24 bits per heavy atom. The molecule has 6 heteroatoms. The number of aromatic nitrogens is 1. The van der Waals surface area contributed by atoms with Gasteiger partial charge < -0.3 is 10.1 Å². The first-order valence-electron chi connectivity index (χ1n) is 6.80. The number of hydrogen-bond acceptors (Lipinski definition) is 5. The zero-order valence-electron chi connectivity index (χ0n) is 11.6. The van der Waals surface area contributed by atoms with E-state index < -0.39 is 4.92 Å². The first-order valence-corrected chi connectivity index (χ1v) is 6.80. The summed E-state index contributed by atoms with van der Waals surface area (Å²) >= 11 is 0. The Hall–Kier alpha value is -2.63. The van der Waals surface area contributed by atoms with E-state index in [9.17, 15) is 10.1 Å². The SMILES string of the molecule is Cc1ccnc(Oc2cccc3c2NCCC3)c1[N+](=O)[O-]. The Morgan fingerprint density at radius 1 is 1.38 bits per heavy atom. The van der Waals surface area contributed by atoms with Crippen molar-refractivity contribution in [1.29, 1.82) is 0 Å². The second-order valence-corrected chi connectivity index (χ2v) is 4.96. The minimum atomic E-state index is -0.458. The van der Waals surface area contributed by atoms with Gasteiger partial charge in [-0.25, -0.2) is 4.98 Å². The second kappa shape index (κ2) is 5.40. The number of ether oxygens (including phenoxy) is 1. The van der Waals surface area contributed by atoms with Crippen LogP contribution in [-0.4, -0.2) is 16.5 Å². The summed E-state index contributed by atoms with van der Waals surface area (Å²) in [6.07, 6.45) is 3.56. The van der Waals surface area contributed by atoms with Crippen molar-refractivity contribution in [3.05, 3.63) is 51.7 Å². The maximum atomic E-state index is 11.2. The van der Waals surface area contributed by atoms with Gasteiger partial charge in [-0.15, -0.1) is 0 Å². The molecule has 2 heterocycles. The fraction of sp³-hybridized carbons (Fsp3) is 0.267. The summed E-state index contributed by atoms with van der Waals surface area (Å²) in [5.74, 6) is 0.606. The first kappa shape index (κ1) is 13.4. The number of nitrogens with one attached hydrogen (secondary N) is 1. The van der Waals surface area contributed by atoms with Gasteiger partial charge in [0, 0.05) is 18.3 Å². The molecular formula is C15H15N3O3. The first-order chi connectivity index (χ1) is 10.2. The van der Waals surface area contributed by atoms with E-state index in [1.165, 1.54) is 6.20 Å². The topological polar surface area (TPSA) is 77.3 Å². The molecule has 1 N–H and O–H groups in total. The zero-order valence-corrected chi connectivity index (χ0v) is 11.6.